The summed E-state index contributed by atoms with van der Waals surface area (Å²) in [5.74, 6) is 0.906. The molecule has 2 aromatic rings. The van der Waals surface area contributed by atoms with Crippen molar-refractivity contribution in [1.29, 1.82) is 0 Å². The van der Waals surface area contributed by atoms with Gasteiger partial charge in [0.25, 0.3) is 0 Å². The summed E-state index contributed by atoms with van der Waals surface area (Å²) in [4.78, 5) is 0. The van der Waals surface area contributed by atoms with Gasteiger partial charge in [0.05, 0.1) is 17.2 Å². The number of hydrogen-bond acceptors (Lipinski definition) is 2. The zero-order valence-corrected chi connectivity index (χ0v) is 13.2. The van der Waals surface area contributed by atoms with Gasteiger partial charge in [-0.05, 0) is 58.1 Å². The van der Waals surface area contributed by atoms with Gasteiger partial charge in [0.15, 0.2) is 0 Å². The second-order valence-corrected chi connectivity index (χ2v) is 6.24. The summed E-state index contributed by atoms with van der Waals surface area (Å²) in [7, 11) is 0. The second-order valence-electron chi connectivity index (χ2n) is 5.01. The predicted octanol–water partition coefficient (Wildman–Crippen LogP) is 4.69. The van der Waals surface area contributed by atoms with E-state index in [1.54, 1.807) is 0 Å². The molecule has 0 amide bonds. The summed E-state index contributed by atoms with van der Waals surface area (Å²) in [6.07, 6.45) is 2.73. The van der Waals surface area contributed by atoms with Gasteiger partial charge in [-0.25, -0.2) is 0 Å². The lowest BCUT2D eigenvalue weighted by Crippen LogP contribution is -2.12. The van der Waals surface area contributed by atoms with Crippen LogP contribution in [0.3, 0.4) is 0 Å². The maximum absolute atomic E-state index is 6.30. The highest BCUT2D eigenvalue weighted by Gasteiger charge is 2.23. The molecule has 0 aliphatic heterocycles. The minimum Gasteiger partial charge on any atom is -0.490 e. The van der Waals surface area contributed by atoms with Crippen molar-refractivity contribution in [3.8, 4) is 5.75 Å². The predicted molar refractivity (Wildman–Crippen MR) is 85.3 cm³/mol. The van der Waals surface area contributed by atoms with Gasteiger partial charge in [-0.1, -0.05) is 35.9 Å². The molecule has 1 unspecified atom stereocenters. The minimum atomic E-state index is -0.241. The lowest BCUT2D eigenvalue weighted by Gasteiger charge is -2.15. The van der Waals surface area contributed by atoms with E-state index in [9.17, 15) is 0 Å². The number of benzene rings is 2. The van der Waals surface area contributed by atoms with E-state index in [0.717, 1.165) is 34.2 Å². The quantitative estimate of drug-likeness (QED) is 0.866. The molecule has 0 aromatic heterocycles. The van der Waals surface area contributed by atoms with Crippen LogP contribution in [0.4, 0.5) is 0 Å². The molecule has 2 aromatic carbocycles. The fraction of sp³-hybridized carbons (Fsp3) is 0.250. The fourth-order valence-electron chi connectivity index (χ4n) is 2.07. The maximum Gasteiger partial charge on any atom is 0.119 e. The van der Waals surface area contributed by atoms with Gasteiger partial charge in [0, 0.05) is 4.47 Å². The van der Waals surface area contributed by atoms with Crippen LogP contribution in [0, 0.1) is 0 Å². The Morgan fingerprint density at radius 1 is 1.15 bits per heavy atom. The molecular weight excluding hydrogens is 338 g/mol. The monoisotopic (exact) mass is 351 g/mol. The first-order valence-corrected chi connectivity index (χ1v) is 7.78. The molecule has 0 spiro atoms. The molecule has 0 radical (unpaired) electrons. The van der Waals surface area contributed by atoms with E-state index < -0.39 is 0 Å². The first-order valence-electron chi connectivity index (χ1n) is 6.61. The van der Waals surface area contributed by atoms with E-state index in [1.807, 2.05) is 42.5 Å². The van der Waals surface area contributed by atoms with Crippen molar-refractivity contribution >= 4 is 27.5 Å². The Balaban J connectivity index is 1.82. The highest BCUT2D eigenvalue weighted by molar-refractivity contribution is 9.10. The Morgan fingerprint density at radius 3 is 2.50 bits per heavy atom. The molecule has 0 bridgehead atoms. The van der Waals surface area contributed by atoms with E-state index in [0.29, 0.717) is 11.1 Å². The van der Waals surface area contributed by atoms with Crippen LogP contribution < -0.4 is 10.5 Å². The number of hydrogen-bond donors (Lipinski definition) is 1. The van der Waals surface area contributed by atoms with Crippen molar-refractivity contribution in [3.63, 3.8) is 0 Å². The van der Waals surface area contributed by atoms with Crippen LogP contribution in [0.1, 0.15) is 30.0 Å². The van der Waals surface area contributed by atoms with Crippen molar-refractivity contribution in [3.05, 3.63) is 63.1 Å². The van der Waals surface area contributed by atoms with Gasteiger partial charge in [0.2, 0.25) is 0 Å². The van der Waals surface area contributed by atoms with Crippen molar-refractivity contribution in [2.75, 3.05) is 0 Å². The summed E-state index contributed by atoms with van der Waals surface area (Å²) in [5, 5.41) is 0.665. The molecule has 0 heterocycles. The van der Waals surface area contributed by atoms with Gasteiger partial charge in [-0.2, -0.15) is 0 Å². The number of ether oxygens (including phenoxy) is 1. The zero-order valence-electron chi connectivity index (χ0n) is 10.9. The van der Waals surface area contributed by atoms with Crippen LogP contribution in [0.15, 0.2) is 46.9 Å². The molecule has 3 rings (SSSR count). The van der Waals surface area contributed by atoms with Gasteiger partial charge in [0.1, 0.15) is 5.75 Å². The smallest absolute Gasteiger partial charge is 0.119 e. The summed E-state index contributed by atoms with van der Waals surface area (Å²) in [6, 6.07) is 13.5. The molecular formula is C16H15BrClNO. The Bertz CT molecular complexity index is 610. The second kappa shape index (κ2) is 5.76. The topological polar surface area (TPSA) is 35.2 Å². The largest absolute Gasteiger partial charge is 0.490 e. The first-order chi connectivity index (χ1) is 9.65. The van der Waals surface area contributed by atoms with E-state index in [4.69, 9.17) is 22.1 Å². The van der Waals surface area contributed by atoms with Gasteiger partial charge < -0.3 is 10.5 Å². The fourth-order valence-corrected chi connectivity index (χ4v) is 2.70. The van der Waals surface area contributed by atoms with E-state index >= 15 is 0 Å². The lowest BCUT2D eigenvalue weighted by molar-refractivity contribution is 0.303. The molecule has 0 saturated heterocycles. The number of nitrogens with two attached hydrogens (primary N) is 1. The standard InChI is InChI=1S/C16H15BrClNO/c17-14-3-1-2-13(15(14)18)16(19)10-4-6-11(7-5-10)20-12-8-9-12/h1-7,12,16H,8-9,19H2. The van der Waals surface area contributed by atoms with Crippen molar-refractivity contribution < 1.29 is 4.74 Å². The summed E-state index contributed by atoms with van der Waals surface area (Å²) in [6.45, 7) is 0. The van der Waals surface area contributed by atoms with Gasteiger partial charge in [-0.15, -0.1) is 0 Å². The minimum absolute atomic E-state index is 0.241. The average molecular weight is 353 g/mol. The molecule has 2 nitrogen and oxygen atoms in total. The Kier molecular flexibility index (Phi) is 4.01. The normalized spacial score (nSPS) is 15.9. The van der Waals surface area contributed by atoms with Crippen LogP contribution in [-0.2, 0) is 0 Å². The summed E-state index contributed by atoms with van der Waals surface area (Å²) >= 11 is 9.72. The molecule has 2 N–H and O–H groups in total. The zero-order chi connectivity index (χ0) is 14.1. The highest BCUT2D eigenvalue weighted by Crippen LogP contribution is 2.33. The molecule has 1 atom stereocenters. The number of rotatable bonds is 4. The van der Waals surface area contributed by atoms with Crippen molar-refractivity contribution in [2.45, 2.75) is 25.0 Å². The van der Waals surface area contributed by atoms with Crippen molar-refractivity contribution in [2.24, 2.45) is 5.73 Å². The third kappa shape index (κ3) is 3.00. The van der Waals surface area contributed by atoms with Crippen LogP contribution >= 0.6 is 27.5 Å². The van der Waals surface area contributed by atoms with E-state index in [-0.39, 0.29) is 6.04 Å². The highest BCUT2D eigenvalue weighted by atomic mass is 79.9. The third-order valence-electron chi connectivity index (χ3n) is 3.38. The summed E-state index contributed by atoms with van der Waals surface area (Å²) < 4.78 is 6.60. The van der Waals surface area contributed by atoms with Crippen LogP contribution in [0.2, 0.25) is 5.02 Å². The third-order valence-corrected chi connectivity index (χ3v) is 4.69. The molecule has 4 heteroatoms. The maximum atomic E-state index is 6.30. The van der Waals surface area contributed by atoms with Crippen LogP contribution in [0.25, 0.3) is 0 Å². The molecule has 20 heavy (non-hydrogen) atoms. The van der Waals surface area contributed by atoms with Gasteiger partial charge in [-0.3, -0.25) is 0 Å². The molecule has 1 aliphatic carbocycles. The van der Waals surface area contributed by atoms with Gasteiger partial charge >= 0.3 is 0 Å². The number of halogens is 2. The lowest BCUT2D eigenvalue weighted by atomic mass is 9.99. The average Bonchev–Trinajstić information content (AvgIpc) is 3.26. The van der Waals surface area contributed by atoms with Crippen LogP contribution in [0.5, 0.6) is 5.75 Å². The molecule has 1 aliphatic rings. The van der Waals surface area contributed by atoms with Crippen molar-refractivity contribution in [1.82, 2.24) is 0 Å². The van der Waals surface area contributed by atoms with Crippen LogP contribution in [-0.4, -0.2) is 6.10 Å². The van der Waals surface area contributed by atoms with E-state index in [1.165, 1.54) is 0 Å². The molecule has 1 saturated carbocycles. The van der Waals surface area contributed by atoms with E-state index in [2.05, 4.69) is 15.9 Å². The Hall–Kier alpha value is -1.03. The Morgan fingerprint density at radius 2 is 1.85 bits per heavy atom. The first kappa shape index (κ1) is 13.9. The Labute approximate surface area is 132 Å². The molecule has 1 fully saturated rings. The summed E-state index contributed by atoms with van der Waals surface area (Å²) in [5.41, 5.74) is 8.24. The SMILES string of the molecule is NC(c1ccc(OC2CC2)cc1)c1cccc(Br)c1Cl. The molecule has 104 valence electrons.